The molecule has 0 saturated heterocycles. The fraction of sp³-hybridized carbons (Fsp3) is 0.353. The molecule has 3 nitrogen and oxygen atoms in total. The van der Waals surface area contributed by atoms with Crippen molar-refractivity contribution in [3.05, 3.63) is 34.8 Å². The number of carbonyl (C=O) groups is 1. The molecule has 1 atom stereocenters. The largest absolute Gasteiger partial charge is 0.300 e. The number of aromatic nitrogens is 2. The van der Waals surface area contributed by atoms with Crippen LogP contribution in [-0.2, 0) is 4.79 Å². The van der Waals surface area contributed by atoms with Crippen molar-refractivity contribution in [3.63, 3.8) is 0 Å². The Hall–Kier alpha value is -1.99. The van der Waals surface area contributed by atoms with Gasteiger partial charge in [0, 0.05) is 29.9 Å². The molecule has 3 rings (SSSR count). The molecule has 1 saturated carbocycles. The van der Waals surface area contributed by atoms with E-state index in [1.165, 1.54) is 0 Å². The first-order valence-corrected chi connectivity index (χ1v) is 7.96. The molecule has 1 aromatic carbocycles. The van der Waals surface area contributed by atoms with Crippen LogP contribution < -0.4 is 0 Å². The molecule has 0 spiro atoms. The Bertz CT molecular complexity index is 724. The fourth-order valence-corrected chi connectivity index (χ4v) is 3.16. The number of hydrogen-bond acceptors (Lipinski definition) is 4. The van der Waals surface area contributed by atoms with E-state index in [9.17, 15) is 4.79 Å². The van der Waals surface area contributed by atoms with E-state index in [-0.39, 0.29) is 5.92 Å². The monoisotopic (exact) mass is 296 g/mol. The van der Waals surface area contributed by atoms with Crippen LogP contribution in [0.3, 0.4) is 0 Å². The molecule has 1 aromatic heterocycles. The number of benzene rings is 1. The first-order valence-electron chi connectivity index (χ1n) is 7.14. The standard InChI is InChI=1S/C17H16N2OS/c1-12-18-19-17(21-12)15-6-2-4-13(10-15)8-9-14-5-3-7-16(20)11-14/h2,4,6,10,14H,3,5,7,11H2,1H3. The van der Waals surface area contributed by atoms with E-state index in [1.807, 2.05) is 31.2 Å². The molecule has 4 heteroatoms. The topological polar surface area (TPSA) is 42.9 Å². The molecule has 2 aromatic rings. The molecular weight excluding hydrogens is 280 g/mol. The summed E-state index contributed by atoms with van der Waals surface area (Å²) in [5.41, 5.74) is 2.02. The quantitative estimate of drug-likeness (QED) is 0.755. The molecule has 0 aliphatic heterocycles. The smallest absolute Gasteiger partial charge is 0.147 e. The molecular formula is C17H16N2OS. The molecule has 21 heavy (non-hydrogen) atoms. The molecule has 0 amide bonds. The van der Waals surface area contributed by atoms with Crippen LogP contribution in [0, 0.1) is 24.7 Å². The third-order valence-corrected chi connectivity index (χ3v) is 4.43. The van der Waals surface area contributed by atoms with Gasteiger partial charge in [-0.1, -0.05) is 35.3 Å². The Morgan fingerprint density at radius 1 is 1.33 bits per heavy atom. The van der Waals surface area contributed by atoms with Crippen molar-refractivity contribution >= 4 is 17.1 Å². The molecule has 1 fully saturated rings. The summed E-state index contributed by atoms with van der Waals surface area (Å²) in [6.07, 6.45) is 3.35. The third kappa shape index (κ3) is 3.56. The summed E-state index contributed by atoms with van der Waals surface area (Å²) in [5, 5.41) is 10.1. The van der Waals surface area contributed by atoms with Gasteiger partial charge < -0.3 is 0 Å². The van der Waals surface area contributed by atoms with E-state index in [0.717, 1.165) is 40.4 Å². The molecule has 1 aliphatic carbocycles. The van der Waals surface area contributed by atoms with Gasteiger partial charge in [0.15, 0.2) is 0 Å². The average Bonchev–Trinajstić information content (AvgIpc) is 2.92. The van der Waals surface area contributed by atoms with Crippen LogP contribution in [0.15, 0.2) is 24.3 Å². The lowest BCUT2D eigenvalue weighted by Gasteiger charge is -2.14. The van der Waals surface area contributed by atoms with E-state index in [2.05, 4.69) is 22.0 Å². The molecule has 0 N–H and O–H groups in total. The predicted octanol–water partition coefficient (Wildman–Crippen LogP) is 3.62. The second kappa shape index (κ2) is 6.19. The first-order chi connectivity index (χ1) is 10.2. The number of rotatable bonds is 1. The van der Waals surface area contributed by atoms with Crippen molar-refractivity contribution in [2.24, 2.45) is 5.92 Å². The molecule has 0 radical (unpaired) electrons. The van der Waals surface area contributed by atoms with Gasteiger partial charge in [0.25, 0.3) is 0 Å². The van der Waals surface area contributed by atoms with Crippen molar-refractivity contribution < 1.29 is 4.79 Å². The number of Topliss-reactive ketones (excluding diaryl/α,β-unsaturated/α-hetero) is 1. The highest BCUT2D eigenvalue weighted by Gasteiger charge is 2.17. The van der Waals surface area contributed by atoms with Crippen LogP contribution in [0.2, 0.25) is 0 Å². The number of aryl methyl sites for hydroxylation is 1. The Morgan fingerprint density at radius 3 is 3.00 bits per heavy atom. The highest BCUT2D eigenvalue weighted by atomic mass is 32.1. The maximum Gasteiger partial charge on any atom is 0.147 e. The van der Waals surface area contributed by atoms with Gasteiger partial charge >= 0.3 is 0 Å². The van der Waals surface area contributed by atoms with Crippen LogP contribution in [0.4, 0.5) is 0 Å². The van der Waals surface area contributed by atoms with E-state index in [0.29, 0.717) is 12.2 Å². The third-order valence-electron chi connectivity index (χ3n) is 3.54. The van der Waals surface area contributed by atoms with Gasteiger partial charge in [-0.05, 0) is 31.9 Å². The van der Waals surface area contributed by atoms with Crippen molar-refractivity contribution in [2.75, 3.05) is 0 Å². The Balaban J connectivity index is 1.79. The van der Waals surface area contributed by atoms with Gasteiger partial charge in [-0.3, -0.25) is 4.79 Å². The first kappa shape index (κ1) is 14.0. The zero-order chi connectivity index (χ0) is 14.7. The summed E-state index contributed by atoms with van der Waals surface area (Å²) in [4.78, 5) is 11.4. The zero-order valence-corrected chi connectivity index (χ0v) is 12.7. The molecule has 0 bridgehead atoms. The van der Waals surface area contributed by atoms with E-state index in [4.69, 9.17) is 0 Å². The Morgan fingerprint density at radius 2 is 2.24 bits per heavy atom. The molecule has 1 unspecified atom stereocenters. The number of ketones is 1. The molecule has 1 aliphatic rings. The van der Waals surface area contributed by atoms with Crippen molar-refractivity contribution in [2.45, 2.75) is 32.6 Å². The van der Waals surface area contributed by atoms with E-state index < -0.39 is 0 Å². The summed E-state index contributed by atoms with van der Waals surface area (Å²) in [6, 6.07) is 8.05. The van der Waals surface area contributed by atoms with Crippen molar-refractivity contribution in [3.8, 4) is 22.4 Å². The van der Waals surface area contributed by atoms with Crippen molar-refractivity contribution in [1.82, 2.24) is 10.2 Å². The summed E-state index contributed by atoms with van der Waals surface area (Å²) < 4.78 is 0. The normalized spacial score (nSPS) is 18.1. The van der Waals surface area contributed by atoms with Crippen LogP contribution >= 0.6 is 11.3 Å². The van der Waals surface area contributed by atoms with Gasteiger partial charge in [0.1, 0.15) is 15.8 Å². The minimum absolute atomic E-state index is 0.221. The van der Waals surface area contributed by atoms with Crippen LogP contribution in [0.5, 0.6) is 0 Å². The second-order valence-corrected chi connectivity index (χ2v) is 6.49. The number of hydrogen-bond donors (Lipinski definition) is 0. The van der Waals surface area contributed by atoms with Gasteiger partial charge in [-0.15, -0.1) is 10.2 Å². The minimum atomic E-state index is 0.221. The molecule has 1 heterocycles. The number of carbonyl (C=O) groups excluding carboxylic acids is 1. The summed E-state index contributed by atoms with van der Waals surface area (Å²) in [6.45, 7) is 1.95. The van der Waals surface area contributed by atoms with Gasteiger partial charge in [0.05, 0.1) is 0 Å². The average molecular weight is 296 g/mol. The SMILES string of the molecule is Cc1nnc(-c2cccc(C#CC3CCCC(=O)C3)c2)s1. The van der Waals surface area contributed by atoms with Gasteiger partial charge in [-0.2, -0.15) is 0 Å². The van der Waals surface area contributed by atoms with E-state index in [1.54, 1.807) is 11.3 Å². The van der Waals surface area contributed by atoms with Gasteiger partial charge in [0.2, 0.25) is 0 Å². The minimum Gasteiger partial charge on any atom is -0.300 e. The summed E-state index contributed by atoms with van der Waals surface area (Å²) >= 11 is 1.58. The zero-order valence-electron chi connectivity index (χ0n) is 11.9. The lowest BCUT2D eigenvalue weighted by atomic mass is 9.89. The maximum atomic E-state index is 11.4. The molecule has 106 valence electrons. The van der Waals surface area contributed by atoms with E-state index >= 15 is 0 Å². The second-order valence-electron chi connectivity index (χ2n) is 5.31. The Kier molecular flexibility index (Phi) is 4.12. The Labute approximate surface area is 128 Å². The van der Waals surface area contributed by atoms with Crippen LogP contribution in [0.25, 0.3) is 10.6 Å². The van der Waals surface area contributed by atoms with Crippen molar-refractivity contribution in [1.29, 1.82) is 0 Å². The highest BCUT2D eigenvalue weighted by molar-refractivity contribution is 7.14. The predicted molar refractivity (Wildman–Crippen MR) is 83.9 cm³/mol. The summed E-state index contributed by atoms with van der Waals surface area (Å²) in [7, 11) is 0. The van der Waals surface area contributed by atoms with Crippen LogP contribution in [0.1, 0.15) is 36.3 Å². The van der Waals surface area contributed by atoms with Crippen LogP contribution in [-0.4, -0.2) is 16.0 Å². The maximum absolute atomic E-state index is 11.4. The lowest BCUT2D eigenvalue weighted by Crippen LogP contribution is -2.13. The fourth-order valence-electron chi connectivity index (χ4n) is 2.48. The van der Waals surface area contributed by atoms with Gasteiger partial charge in [-0.25, -0.2) is 0 Å². The lowest BCUT2D eigenvalue weighted by molar-refractivity contribution is -0.120. The number of nitrogens with zero attached hydrogens (tertiary/aromatic N) is 2. The highest BCUT2D eigenvalue weighted by Crippen LogP contribution is 2.24. The summed E-state index contributed by atoms with van der Waals surface area (Å²) in [5.74, 6) is 7.02.